The van der Waals surface area contributed by atoms with Crippen molar-refractivity contribution in [2.24, 2.45) is 5.92 Å². The first-order valence-electron chi connectivity index (χ1n) is 9.67. The molecule has 154 valence electrons. The number of aromatic nitrogens is 1. The van der Waals surface area contributed by atoms with E-state index in [1.807, 2.05) is 0 Å². The average molecular weight is 417 g/mol. The fraction of sp³-hybridized carbons (Fsp3) is 0.450. The van der Waals surface area contributed by atoms with Gasteiger partial charge in [-0.05, 0) is 56.9 Å². The van der Waals surface area contributed by atoms with Crippen LogP contribution < -0.4 is 10.2 Å². The normalized spacial score (nSPS) is 17.1. The molecular weight excluding hydrogens is 394 g/mol. The molecule has 29 heavy (non-hydrogen) atoms. The number of fused-ring (bicyclic) bond motifs is 1. The number of rotatable bonds is 6. The van der Waals surface area contributed by atoms with Crippen LogP contribution in [0.2, 0.25) is 0 Å². The van der Waals surface area contributed by atoms with Crippen LogP contribution in [0.3, 0.4) is 0 Å². The SMILES string of the molecule is Cc1cc(NC(=O)CC(C)S(=O)(=O)c2ccc3c(c2)CCN3C(=O)C2CC2)no1. The largest absolute Gasteiger partial charge is 0.360 e. The zero-order valence-corrected chi connectivity index (χ0v) is 17.2. The number of hydrogen-bond acceptors (Lipinski definition) is 6. The van der Waals surface area contributed by atoms with Crippen molar-refractivity contribution in [2.45, 2.75) is 49.7 Å². The Morgan fingerprint density at radius 3 is 2.72 bits per heavy atom. The predicted octanol–water partition coefficient (Wildman–Crippen LogP) is 2.47. The van der Waals surface area contributed by atoms with Gasteiger partial charge >= 0.3 is 0 Å². The molecule has 1 fully saturated rings. The van der Waals surface area contributed by atoms with Gasteiger partial charge in [0.1, 0.15) is 5.76 Å². The molecule has 1 aromatic heterocycles. The molecule has 2 aromatic rings. The van der Waals surface area contributed by atoms with Crippen molar-refractivity contribution in [1.29, 1.82) is 0 Å². The summed E-state index contributed by atoms with van der Waals surface area (Å²) in [7, 11) is -3.69. The maximum absolute atomic E-state index is 13.0. The number of anilines is 2. The average Bonchev–Trinajstić information content (AvgIpc) is 3.32. The molecule has 4 rings (SSSR count). The van der Waals surface area contributed by atoms with Crippen molar-refractivity contribution in [1.82, 2.24) is 5.16 Å². The second-order valence-corrected chi connectivity index (χ2v) is 10.1. The van der Waals surface area contributed by atoms with Crippen LogP contribution in [0.5, 0.6) is 0 Å². The molecule has 0 spiro atoms. The van der Waals surface area contributed by atoms with E-state index in [-0.39, 0.29) is 29.0 Å². The molecule has 2 heterocycles. The van der Waals surface area contributed by atoms with Gasteiger partial charge in [-0.3, -0.25) is 9.59 Å². The number of nitrogens with zero attached hydrogens (tertiary/aromatic N) is 2. The molecule has 2 aliphatic rings. The molecule has 1 aromatic carbocycles. The quantitative estimate of drug-likeness (QED) is 0.773. The highest BCUT2D eigenvalue weighted by atomic mass is 32.2. The molecule has 1 saturated carbocycles. The van der Waals surface area contributed by atoms with Gasteiger partial charge in [-0.15, -0.1) is 0 Å². The molecule has 0 saturated heterocycles. The summed E-state index contributed by atoms with van der Waals surface area (Å²) in [5.41, 5.74) is 1.66. The third-order valence-electron chi connectivity index (χ3n) is 5.37. The van der Waals surface area contributed by atoms with E-state index in [1.54, 1.807) is 30.0 Å². The molecule has 8 nitrogen and oxygen atoms in total. The van der Waals surface area contributed by atoms with E-state index in [0.29, 0.717) is 18.7 Å². The smallest absolute Gasteiger partial charge is 0.230 e. The summed E-state index contributed by atoms with van der Waals surface area (Å²) in [6, 6.07) is 6.44. The van der Waals surface area contributed by atoms with E-state index in [9.17, 15) is 18.0 Å². The third kappa shape index (κ3) is 3.91. The van der Waals surface area contributed by atoms with Gasteiger partial charge in [-0.2, -0.15) is 0 Å². The zero-order valence-electron chi connectivity index (χ0n) is 16.3. The van der Waals surface area contributed by atoms with Crippen LogP contribution in [0.25, 0.3) is 0 Å². The summed E-state index contributed by atoms with van der Waals surface area (Å²) in [4.78, 5) is 26.5. The van der Waals surface area contributed by atoms with Crippen LogP contribution >= 0.6 is 0 Å². The number of amides is 2. The Bertz CT molecular complexity index is 1070. The van der Waals surface area contributed by atoms with E-state index < -0.39 is 21.0 Å². The standard InChI is InChI=1S/C20H23N3O5S/c1-12-9-18(22-28-12)21-19(24)10-13(2)29(26,27)16-5-6-17-15(11-16)7-8-23(17)20(25)14-3-4-14/h5-6,9,11,13-14H,3-4,7-8,10H2,1-2H3,(H,21,22,24). The van der Waals surface area contributed by atoms with Gasteiger partial charge in [0.05, 0.1) is 10.1 Å². The monoisotopic (exact) mass is 417 g/mol. The molecule has 0 radical (unpaired) electrons. The van der Waals surface area contributed by atoms with Gasteiger partial charge in [0.15, 0.2) is 15.7 Å². The number of nitrogens with one attached hydrogen (secondary N) is 1. The Hall–Kier alpha value is -2.68. The fourth-order valence-corrected chi connectivity index (χ4v) is 4.96. The second kappa shape index (κ2) is 7.29. The van der Waals surface area contributed by atoms with Crippen molar-refractivity contribution in [3.63, 3.8) is 0 Å². The maximum Gasteiger partial charge on any atom is 0.230 e. The number of carbonyl (C=O) groups excluding carboxylic acids is 2. The van der Waals surface area contributed by atoms with Crippen molar-refractivity contribution < 1.29 is 22.5 Å². The molecule has 0 bridgehead atoms. The van der Waals surface area contributed by atoms with Gasteiger partial charge in [0, 0.05) is 30.6 Å². The van der Waals surface area contributed by atoms with Crippen molar-refractivity contribution in [3.05, 3.63) is 35.6 Å². The summed E-state index contributed by atoms with van der Waals surface area (Å²) in [5, 5.41) is 5.31. The molecule has 2 amide bonds. The zero-order chi connectivity index (χ0) is 20.8. The minimum atomic E-state index is -3.69. The van der Waals surface area contributed by atoms with E-state index >= 15 is 0 Å². The molecule has 9 heteroatoms. The Morgan fingerprint density at radius 2 is 2.07 bits per heavy atom. The minimum absolute atomic E-state index is 0.122. The highest BCUT2D eigenvalue weighted by molar-refractivity contribution is 7.92. The topological polar surface area (TPSA) is 110 Å². The summed E-state index contributed by atoms with van der Waals surface area (Å²) < 4.78 is 30.8. The Balaban J connectivity index is 1.47. The van der Waals surface area contributed by atoms with Crippen LogP contribution in [0.4, 0.5) is 11.5 Å². The summed E-state index contributed by atoms with van der Waals surface area (Å²) >= 11 is 0. The Morgan fingerprint density at radius 1 is 1.31 bits per heavy atom. The van der Waals surface area contributed by atoms with Crippen molar-refractivity contribution >= 4 is 33.2 Å². The lowest BCUT2D eigenvalue weighted by Gasteiger charge is -2.18. The number of aryl methyl sites for hydroxylation is 1. The van der Waals surface area contributed by atoms with Crippen molar-refractivity contribution in [3.8, 4) is 0 Å². The molecular formula is C20H23N3O5S. The molecule has 1 aliphatic heterocycles. The lowest BCUT2D eigenvalue weighted by Crippen LogP contribution is -2.30. The molecule has 1 unspecified atom stereocenters. The maximum atomic E-state index is 13.0. The van der Waals surface area contributed by atoms with Crippen LogP contribution in [0.15, 0.2) is 33.7 Å². The fourth-order valence-electron chi connectivity index (χ4n) is 3.56. The predicted molar refractivity (Wildman–Crippen MR) is 106 cm³/mol. The number of sulfone groups is 1. The van der Waals surface area contributed by atoms with Gasteiger partial charge < -0.3 is 14.7 Å². The second-order valence-electron chi connectivity index (χ2n) is 7.74. The first-order valence-corrected chi connectivity index (χ1v) is 11.2. The van der Waals surface area contributed by atoms with E-state index in [2.05, 4.69) is 10.5 Å². The minimum Gasteiger partial charge on any atom is -0.360 e. The summed E-state index contributed by atoms with van der Waals surface area (Å²) in [6.07, 6.45) is 2.31. The first-order chi connectivity index (χ1) is 13.8. The van der Waals surface area contributed by atoms with Crippen LogP contribution in [0, 0.1) is 12.8 Å². The Labute approximate surface area is 169 Å². The third-order valence-corrected chi connectivity index (χ3v) is 7.50. The highest BCUT2D eigenvalue weighted by Gasteiger charge is 2.37. The van der Waals surface area contributed by atoms with Gasteiger partial charge in [0.25, 0.3) is 0 Å². The molecule has 1 atom stereocenters. The summed E-state index contributed by atoms with van der Waals surface area (Å²) in [5.74, 6) is 0.615. The van der Waals surface area contributed by atoms with E-state index in [0.717, 1.165) is 24.1 Å². The van der Waals surface area contributed by atoms with Gasteiger partial charge in [0.2, 0.25) is 11.8 Å². The van der Waals surface area contributed by atoms with Crippen molar-refractivity contribution in [2.75, 3.05) is 16.8 Å². The number of carbonyl (C=O) groups is 2. The number of hydrogen-bond donors (Lipinski definition) is 1. The highest BCUT2D eigenvalue weighted by Crippen LogP contribution is 2.37. The number of benzene rings is 1. The lowest BCUT2D eigenvalue weighted by molar-refractivity contribution is -0.119. The lowest BCUT2D eigenvalue weighted by atomic mass is 10.2. The van der Waals surface area contributed by atoms with Gasteiger partial charge in [-0.25, -0.2) is 8.42 Å². The van der Waals surface area contributed by atoms with Gasteiger partial charge in [-0.1, -0.05) is 5.16 Å². The van der Waals surface area contributed by atoms with E-state index in [1.165, 1.54) is 13.0 Å². The molecule has 1 N–H and O–H groups in total. The Kier molecular flexibility index (Phi) is 4.94. The summed E-state index contributed by atoms with van der Waals surface area (Å²) in [6.45, 7) is 3.80. The van der Waals surface area contributed by atoms with Crippen LogP contribution in [-0.4, -0.2) is 37.2 Å². The molecule has 1 aliphatic carbocycles. The van der Waals surface area contributed by atoms with Crippen LogP contribution in [0.1, 0.15) is 37.5 Å². The first kappa shape index (κ1) is 19.6. The van der Waals surface area contributed by atoms with E-state index in [4.69, 9.17) is 4.52 Å². The van der Waals surface area contributed by atoms with Crippen LogP contribution in [-0.2, 0) is 25.8 Å².